The Kier molecular flexibility index (Phi) is 7.01. The first kappa shape index (κ1) is 22.8. The first-order valence-corrected chi connectivity index (χ1v) is 10.6. The van der Waals surface area contributed by atoms with Crippen LogP contribution < -0.4 is 20.4 Å². The van der Waals surface area contributed by atoms with Crippen LogP contribution >= 0.6 is 34.8 Å². The summed E-state index contributed by atoms with van der Waals surface area (Å²) in [5.41, 5.74) is 5.25. The molecule has 160 valence electrons. The van der Waals surface area contributed by atoms with Crippen LogP contribution in [0.15, 0.2) is 41.5 Å². The van der Waals surface area contributed by atoms with Gasteiger partial charge in [-0.3, -0.25) is 19.3 Å². The number of halogens is 1. The number of thiocarbonyl (C=S) groups is 1. The second-order valence-electron chi connectivity index (χ2n) is 6.78. The van der Waals surface area contributed by atoms with Crippen LogP contribution in [-0.2, 0) is 9.59 Å². The number of ether oxygens (including phenoxy) is 1. The highest BCUT2D eigenvalue weighted by atomic mass is 127. The van der Waals surface area contributed by atoms with Crippen LogP contribution in [0.3, 0.4) is 0 Å². The van der Waals surface area contributed by atoms with Crippen LogP contribution in [0, 0.1) is 23.3 Å². The molecule has 0 bridgehead atoms. The number of aryl methyl sites for hydroxylation is 2. The van der Waals surface area contributed by atoms with Gasteiger partial charge in [0.15, 0.2) is 11.0 Å². The van der Waals surface area contributed by atoms with Gasteiger partial charge in [-0.15, -0.1) is 0 Å². The van der Waals surface area contributed by atoms with Crippen molar-refractivity contribution in [3.05, 3.63) is 56.7 Å². The number of amides is 3. The lowest BCUT2D eigenvalue weighted by Gasteiger charge is -2.31. The molecule has 3 amide bonds. The lowest BCUT2D eigenvalue weighted by atomic mass is 10.0. The van der Waals surface area contributed by atoms with Crippen LogP contribution in [-0.4, -0.2) is 36.2 Å². The van der Waals surface area contributed by atoms with E-state index in [9.17, 15) is 14.4 Å². The Morgan fingerprint density at radius 2 is 1.97 bits per heavy atom. The molecular formula is C21H19IN4O4S. The van der Waals surface area contributed by atoms with Gasteiger partial charge >= 0.3 is 0 Å². The number of nitrogens with one attached hydrogen (secondary N) is 2. The van der Waals surface area contributed by atoms with Gasteiger partial charge in [-0.1, -0.05) is 6.07 Å². The van der Waals surface area contributed by atoms with E-state index in [1.807, 2.05) is 26.0 Å². The van der Waals surface area contributed by atoms with Crippen LogP contribution in [0.5, 0.6) is 5.75 Å². The molecule has 0 aliphatic carbocycles. The highest BCUT2D eigenvalue weighted by Crippen LogP contribution is 2.23. The first-order valence-electron chi connectivity index (χ1n) is 9.16. The maximum Gasteiger partial charge on any atom is 0.271 e. The van der Waals surface area contributed by atoms with Crippen molar-refractivity contribution in [1.82, 2.24) is 10.7 Å². The molecule has 1 atom stereocenters. The summed E-state index contributed by atoms with van der Waals surface area (Å²) in [6.07, 6.45) is 1.09. The predicted molar refractivity (Wildman–Crippen MR) is 129 cm³/mol. The highest BCUT2D eigenvalue weighted by Gasteiger charge is 2.38. The second-order valence-corrected chi connectivity index (χ2v) is 8.33. The van der Waals surface area contributed by atoms with E-state index in [0.29, 0.717) is 17.0 Å². The summed E-state index contributed by atoms with van der Waals surface area (Å²) < 4.78 is 6.06. The smallest absolute Gasteiger partial charge is 0.271 e. The fraction of sp³-hybridized carbons (Fsp3) is 0.190. The van der Waals surface area contributed by atoms with Crippen molar-refractivity contribution in [3.8, 4) is 5.75 Å². The Hall–Kier alpha value is -2.86. The van der Waals surface area contributed by atoms with Gasteiger partial charge in [0.05, 0.1) is 16.4 Å². The number of hydrogen-bond donors (Lipinski definition) is 2. The van der Waals surface area contributed by atoms with E-state index in [0.717, 1.165) is 20.9 Å². The normalized spacial score (nSPS) is 16.5. The molecule has 2 N–H and O–H groups in total. The van der Waals surface area contributed by atoms with Crippen molar-refractivity contribution in [2.45, 2.75) is 13.8 Å². The minimum Gasteiger partial charge on any atom is -0.496 e. The van der Waals surface area contributed by atoms with Crippen molar-refractivity contribution < 1.29 is 19.1 Å². The maximum atomic E-state index is 13.0. The molecule has 0 saturated carbocycles. The zero-order valence-electron chi connectivity index (χ0n) is 16.9. The number of methoxy groups -OCH3 is 1. The minimum atomic E-state index is -1.24. The topological polar surface area (TPSA) is 100 Å². The number of benzene rings is 2. The molecule has 0 aromatic heterocycles. The quantitative estimate of drug-likeness (QED) is 0.196. The Labute approximate surface area is 198 Å². The van der Waals surface area contributed by atoms with Crippen molar-refractivity contribution in [3.63, 3.8) is 0 Å². The molecule has 1 fully saturated rings. The van der Waals surface area contributed by atoms with Crippen molar-refractivity contribution in [2.75, 3.05) is 12.0 Å². The van der Waals surface area contributed by atoms with Crippen molar-refractivity contribution in [2.24, 2.45) is 11.0 Å². The molecule has 0 unspecified atom stereocenters. The lowest BCUT2D eigenvalue weighted by molar-refractivity contribution is -0.130. The third kappa shape index (κ3) is 4.90. The van der Waals surface area contributed by atoms with E-state index in [-0.39, 0.29) is 5.11 Å². The molecule has 0 spiro atoms. The van der Waals surface area contributed by atoms with E-state index >= 15 is 0 Å². The number of hydrazone groups is 1. The Bertz CT molecular complexity index is 1120. The maximum absolute atomic E-state index is 13.0. The summed E-state index contributed by atoms with van der Waals surface area (Å²) >= 11 is 7.28. The van der Waals surface area contributed by atoms with Gasteiger partial charge in [0.2, 0.25) is 5.91 Å². The average Bonchev–Trinajstić information content (AvgIpc) is 2.73. The number of carbonyl (C=O) groups is 3. The van der Waals surface area contributed by atoms with E-state index < -0.39 is 23.6 Å². The predicted octanol–water partition coefficient (Wildman–Crippen LogP) is 2.70. The van der Waals surface area contributed by atoms with Gasteiger partial charge in [-0.05, 0) is 90.1 Å². The molecule has 31 heavy (non-hydrogen) atoms. The zero-order chi connectivity index (χ0) is 22.7. The molecule has 1 heterocycles. The monoisotopic (exact) mass is 550 g/mol. The third-order valence-corrected chi connectivity index (χ3v) is 5.93. The van der Waals surface area contributed by atoms with Gasteiger partial charge in [-0.25, -0.2) is 5.43 Å². The Balaban J connectivity index is 1.76. The first-order chi connectivity index (χ1) is 14.7. The molecular weight excluding hydrogens is 531 g/mol. The van der Waals surface area contributed by atoms with Gasteiger partial charge < -0.3 is 10.1 Å². The largest absolute Gasteiger partial charge is 0.496 e. The molecule has 0 radical (unpaired) electrons. The van der Waals surface area contributed by atoms with E-state index in [2.05, 4.69) is 38.4 Å². The van der Waals surface area contributed by atoms with Gasteiger partial charge in [0.1, 0.15) is 5.75 Å². The summed E-state index contributed by atoms with van der Waals surface area (Å²) in [7, 11) is 1.51. The SMILES string of the molecule is COc1cc(C(=O)N/N=C/[C@H]2C(=O)NC(=S)N(c3ccc(C)c(C)c3)C2=O)ccc1I. The van der Waals surface area contributed by atoms with Crippen LogP contribution in [0.4, 0.5) is 5.69 Å². The highest BCUT2D eigenvalue weighted by molar-refractivity contribution is 14.1. The van der Waals surface area contributed by atoms with Crippen molar-refractivity contribution >= 4 is 69.5 Å². The van der Waals surface area contributed by atoms with Crippen LogP contribution in [0.1, 0.15) is 21.5 Å². The van der Waals surface area contributed by atoms with Crippen LogP contribution in [0.25, 0.3) is 0 Å². The summed E-state index contributed by atoms with van der Waals surface area (Å²) in [6, 6.07) is 10.4. The number of nitrogens with zero attached hydrogens (tertiary/aromatic N) is 2. The number of rotatable bonds is 5. The molecule has 3 rings (SSSR count). The molecule has 1 aliphatic heterocycles. The summed E-state index contributed by atoms with van der Waals surface area (Å²) in [5, 5.41) is 6.32. The third-order valence-electron chi connectivity index (χ3n) is 4.75. The van der Waals surface area contributed by atoms with E-state index in [1.54, 1.807) is 24.3 Å². The molecule has 8 nitrogen and oxygen atoms in total. The Morgan fingerprint density at radius 1 is 1.23 bits per heavy atom. The molecule has 10 heteroatoms. The minimum absolute atomic E-state index is 0.00192. The standard InChI is InChI=1S/C21H19IN4O4S/c1-11-4-6-14(8-12(11)2)26-20(29)15(19(28)24-21(26)31)10-23-25-18(27)13-5-7-16(22)17(9-13)30-3/h4-10,15H,1-3H3,(H,25,27)(H,24,28,31)/b23-10+/t15-/m0/s1. The van der Waals surface area contributed by atoms with E-state index in [1.165, 1.54) is 12.0 Å². The molecule has 2 aromatic carbocycles. The fourth-order valence-corrected chi connectivity index (χ4v) is 3.72. The molecule has 1 saturated heterocycles. The van der Waals surface area contributed by atoms with Gasteiger partial charge in [0, 0.05) is 11.8 Å². The lowest BCUT2D eigenvalue weighted by Crippen LogP contribution is -2.58. The number of hydrogen-bond acceptors (Lipinski definition) is 6. The summed E-state index contributed by atoms with van der Waals surface area (Å²) in [5.74, 6) is -2.34. The summed E-state index contributed by atoms with van der Waals surface area (Å²) in [4.78, 5) is 38.9. The average molecular weight is 550 g/mol. The number of carbonyl (C=O) groups excluding carboxylic acids is 3. The fourth-order valence-electron chi connectivity index (χ4n) is 2.87. The molecule has 2 aromatic rings. The van der Waals surface area contributed by atoms with Gasteiger partial charge in [-0.2, -0.15) is 5.10 Å². The van der Waals surface area contributed by atoms with Gasteiger partial charge in [0.25, 0.3) is 11.8 Å². The van der Waals surface area contributed by atoms with Crippen LogP contribution in [0.2, 0.25) is 0 Å². The molecule has 1 aliphatic rings. The van der Waals surface area contributed by atoms with E-state index in [4.69, 9.17) is 17.0 Å². The second kappa shape index (κ2) is 9.52. The number of anilines is 1. The zero-order valence-corrected chi connectivity index (χ0v) is 19.9. The van der Waals surface area contributed by atoms with Crippen molar-refractivity contribution in [1.29, 1.82) is 0 Å². The summed E-state index contributed by atoms with van der Waals surface area (Å²) in [6.45, 7) is 3.88. The Morgan fingerprint density at radius 3 is 2.65 bits per heavy atom.